The molecule has 6 nitrogen and oxygen atoms in total. The van der Waals surface area contributed by atoms with E-state index in [1.807, 2.05) is 0 Å². The van der Waals surface area contributed by atoms with E-state index >= 15 is 0 Å². The number of hydrogen-bond donors (Lipinski definition) is 1. The van der Waals surface area contributed by atoms with Crippen molar-refractivity contribution in [3.63, 3.8) is 0 Å². The lowest BCUT2D eigenvalue weighted by atomic mass is 10.0. The van der Waals surface area contributed by atoms with Crippen LogP contribution in [0.1, 0.15) is 28.9 Å². The van der Waals surface area contributed by atoms with Gasteiger partial charge in [0, 0.05) is 19.7 Å². The Morgan fingerprint density at radius 1 is 1.35 bits per heavy atom. The SMILES string of the molecule is CC(C(=O)Nc1cc2n(n1)CCN(C)C2=O)c1cccc(F)c1. The van der Waals surface area contributed by atoms with Gasteiger partial charge in [0.2, 0.25) is 5.91 Å². The fraction of sp³-hybridized carbons (Fsp3) is 0.312. The van der Waals surface area contributed by atoms with Crippen molar-refractivity contribution in [1.29, 1.82) is 0 Å². The molecule has 2 heterocycles. The summed E-state index contributed by atoms with van der Waals surface area (Å²) < 4.78 is 14.9. The second-order valence-electron chi connectivity index (χ2n) is 5.63. The predicted molar refractivity (Wildman–Crippen MR) is 82.6 cm³/mol. The van der Waals surface area contributed by atoms with E-state index in [1.165, 1.54) is 12.1 Å². The van der Waals surface area contributed by atoms with Crippen LogP contribution in [0.25, 0.3) is 0 Å². The predicted octanol–water partition coefficient (Wildman–Crippen LogP) is 1.85. The van der Waals surface area contributed by atoms with Gasteiger partial charge in [-0.25, -0.2) is 4.39 Å². The minimum Gasteiger partial charge on any atom is -0.339 e. The Morgan fingerprint density at radius 3 is 2.87 bits per heavy atom. The lowest BCUT2D eigenvalue weighted by molar-refractivity contribution is -0.117. The van der Waals surface area contributed by atoms with E-state index in [4.69, 9.17) is 0 Å². The number of likely N-dealkylation sites (N-methyl/N-ethyl adjacent to an activating group) is 1. The number of rotatable bonds is 3. The molecule has 0 saturated carbocycles. The Balaban J connectivity index is 1.76. The summed E-state index contributed by atoms with van der Waals surface area (Å²) in [6.07, 6.45) is 0. The molecule has 0 bridgehead atoms. The summed E-state index contributed by atoms with van der Waals surface area (Å²) in [6, 6.07) is 7.50. The van der Waals surface area contributed by atoms with Crippen LogP contribution < -0.4 is 5.32 Å². The maximum atomic E-state index is 13.3. The number of nitrogens with zero attached hydrogens (tertiary/aromatic N) is 3. The van der Waals surface area contributed by atoms with Crippen molar-refractivity contribution in [3.8, 4) is 0 Å². The summed E-state index contributed by atoms with van der Waals surface area (Å²) >= 11 is 0. The number of halogens is 1. The Labute approximate surface area is 132 Å². The van der Waals surface area contributed by atoms with Crippen LogP contribution >= 0.6 is 0 Å². The maximum absolute atomic E-state index is 13.3. The zero-order valence-electron chi connectivity index (χ0n) is 12.9. The number of carbonyl (C=O) groups excluding carboxylic acids is 2. The first-order chi connectivity index (χ1) is 11.0. The maximum Gasteiger partial charge on any atom is 0.272 e. The standard InChI is InChI=1S/C16H17FN4O2/c1-10(11-4-3-5-12(17)8-11)15(22)18-14-9-13-16(23)20(2)6-7-21(13)19-14/h3-5,8-10H,6-7H2,1-2H3,(H,18,19,22). The largest absolute Gasteiger partial charge is 0.339 e. The van der Waals surface area contributed by atoms with Crippen LogP contribution in [0.3, 0.4) is 0 Å². The molecule has 1 aromatic heterocycles. The van der Waals surface area contributed by atoms with Crippen LogP contribution in [0.4, 0.5) is 10.2 Å². The highest BCUT2D eigenvalue weighted by Crippen LogP contribution is 2.20. The summed E-state index contributed by atoms with van der Waals surface area (Å²) in [5.41, 5.74) is 1.04. The van der Waals surface area contributed by atoms with Gasteiger partial charge in [0.15, 0.2) is 5.82 Å². The van der Waals surface area contributed by atoms with Gasteiger partial charge in [-0.1, -0.05) is 12.1 Å². The minimum absolute atomic E-state index is 0.123. The number of nitrogens with one attached hydrogen (secondary N) is 1. The van der Waals surface area contributed by atoms with E-state index in [9.17, 15) is 14.0 Å². The molecular weight excluding hydrogens is 299 g/mol. The number of anilines is 1. The Kier molecular flexibility index (Phi) is 3.85. The van der Waals surface area contributed by atoms with Gasteiger partial charge >= 0.3 is 0 Å². The molecule has 3 rings (SSSR count). The third kappa shape index (κ3) is 2.94. The lowest BCUT2D eigenvalue weighted by Crippen LogP contribution is -2.37. The average molecular weight is 316 g/mol. The molecule has 23 heavy (non-hydrogen) atoms. The van der Waals surface area contributed by atoms with E-state index in [2.05, 4.69) is 10.4 Å². The molecule has 0 spiro atoms. The molecule has 2 amide bonds. The zero-order valence-corrected chi connectivity index (χ0v) is 12.9. The third-order valence-corrected chi connectivity index (χ3v) is 3.99. The second-order valence-corrected chi connectivity index (χ2v) is 5.63. The molecule has 120 valence electrons. The van der Waals surface area contributed by atoms with Crippen LogP contribution in [0, 0.1) is 5.82 Å². The first-order valence-corrected chi connectivity index (χ1v) is 7.35. The Morgan fingerprint density at radius 2 is 2.13 bits per heavy atom. The second kappa shape index (κ2) is 5.83. The molecular formula is C16H17FN4O2. The number of benzene rings is 1. The van der Waals surface area contributed by atoms with E-state index in [-0.39, 0.29) is 17.6 Å². The first-order valence-electron chi connectivity index (χ1n) is 7.35. The van der Waals surface area contributed by atoms with Crippen LogP contribution in [0.15, 0.2) is 30.3 Å². The fourth-order valence-corrected chi connectivity index (χ4v) is 2.52. The smallest absolute Gasteiger partial charge is 0.272 e. The number of amides is 2. The van der Waals surface area contributed by atoms with E-state index < -0.39 is 5.92 Å². The van der Waals surface area contributed by atoms with Crippen molar-refractivity contribution in [2.75, 3.05) is 18.9 Å². The normalized spacial score (nSPS) is 15.3. The highest BCUT2D eigenvalue weighted by molar-refractivity contribution is 5.97. The van der Waals surface area contributed by atoms with Crippen molar-refractivity contribution in [2.45, 2.75) is 19.4 Å². The van der Waals surface area contributed by atoms with Gasteiger partial charge in [0.1, 0.15) is 11.5 Å². The van der Waals surface area contributed by atoms with E-state index in [0.29, 0.717) is 30.2 Å². The topological polar surface area (TPSA) is 67.2 Å². The summed E-state index contributed by atoms with van der Waals surface area (Å²) in [6.45, 7) is 2.87. The molecule has 1 atom stereocenters. The van der Waals surface area contributed by atoms with Gasteiger partial charge in [-0.05, 0) is 24.6 Å². The zero-order chi connectivity index (χ0) is 16.6. The van der Waals surface area contributed by atoms with Crippen molar-refractivity contribution in [2.24, 2.45) is 0 Å². The van der Waals surface area contributed by atoms with Crippen molar-refractivity contribution < 1.29 is 14.0 Å². The van der Waals surface area contributed by atoms with Crippen molar-refractivity contribution in [3.05, 3.63) is 47.4 Å². The number of hydrogen-bond acceptors (Lipinski definition) is 3. The Hall–Kier alpha value is -2.70. The molecule has 1 N–H and O–H groups in total. The van der Waals surface area contributed by atoms with Gasteiger partial charge in [0.25, 0.3) is 5.91 Å². The van der Waals surface area contributed by atoms with Crippen LogP contribution in [0.2, 0.25) is 0 Å². The lowest BCUT2D eigenvalue weighted by Gasteiger charge is -2.22. The summed E-state index contributed by atoms with van der Waals surface area (Å²) in [4.78, 5) is 25.9. The van der Waals surface area contributed by atoms with Gasteiger partial charge < -0.3 is 10.2 Å². The molecule has 1 unspecified atom stereocenters. The minimum atomic E-state index is -0.525. The summed E-state index contributed by atoms with van der Waals surface area (Å²) in [7, 11) is 1.73. The van der Waals surface area contributed by atoms with Gasteiger partial charge in [-0.3, -0.25) is 14.3 Å². The molecule has 0 fully saturated rings. The van der Waals surface area contributed by atoms with Gasteiger partial charge in [0.05, 0.1) is 12.5 Å². The molecule has 2 aromatic rings. The fourth-order valence-electron chi connectivity index (χ4n) is 2.52. The van der Waals surface area contributed by atoms with E-state index in [1.54, 1.807) is 41.8 Å². The number of carbonyl (C=O) groups is 2. The third-order valence-electron chi connectivity index (χ3n) is 3.99. The molecule has 1 aliphatic rings. The van der Waals surface area contributed by atoms with E-state index in [0.717, 1.165) is 0 Å². The summed E-state index contributed by atoms with van der Waals surface area (Å²) in [5.74, 6) is -0.998. The summed E-state index contributed by atoms with van der Waals surface area (Å²) in [5, 5.41) is 6.92. The van der Waals surface area contributed by atoms with Crippen molar-refractivity contribution in [1.82, 2.24) is 14.7 Å². The highest BCUT2D eigenvalue weighted by atomic mass is 19.1. The molecule has 0 radical (unpaired) electrons. The number of fused-ring (bicyclic) bond motifs is 1. The average Bonchev–Trinajstić information content (AvgIpc) is 2.93. The highest BCUT2D eigenvalue weighted by Gasteiger charge is 2.25. The van der Waals surface area contributed by atoms with Gasteiger partial charge in [-0.15, -0.1) is 0 Å². The van der Waals surface area contributed by atoms with Crippen LogP contribution in [-0.2, 0) is 11.3 Å². The van der Waals surface area contributed by atoms with Crippen molar-refractivity contribution >= 4 is 17.6 Å². The first kappa shape index (κ1) is 15.2. The molecule has 1 aliphatic heterocycles. The molecule has 0 aliphatic carbocycles. The Bertz CT molecular complexity index is 771. The van der Waals surface area contributed by atoms with Crippen LogP contribution in [-0.4, -0.2) is 40.1 Å². The molecule has 7 heteroatoms. The van der Waals surface area contributed by atoms with Crippen LogP contribution in [0.5, 0.6) is 0 Å². The quantitative estimate of drug-likeness (QED) is 0.940. The molecule has 0 saturated heterocycles. The molecule has 1 aromatic carbocycles. The van der Waals surface area contributed by atoms with Gasteiger partial charge in [-0.2, -0.15) is 5.10 Å². The number of aromatic nitrogens is 2. The monoisotopic (exact) mass is 316 g/mol.